The molecule has 20 heavy (non-hydrogen) atoms. The van der Waals surface area contributed by atoms with Gasteiger partial charge in [-0.1, -0.05) is 11.6 Å². The highest BCUT2D eigenvalue weighted by Gasteiger charge is 2.38. The third-order valence-corrected chi connectivity index (χ3v) is 3.27. The van der Waals surface area contributed by atoms with Gasteiger partial charge in [0.05, 0.1) is 21.9 Å². The largest absolute Gasteiger partial charge is 0.481 e. The monoisotopic (exact) mass is 302 g/mol. The van der Waals surface area contributed by atoms with Crippen molar-refractivity contribution >= 4 is 34.9 Å². The fourth-order valence-electron chi connectivity index (χ4n) is 1.99. The van der Waals surface area contributed by atoms with Gasteiger partial charge in [0.25, 0.3) is 5.69 Å². The van der Waals surface area contributed by atoms with Gasteiger partial charge in [0, 0.05) is 13.0 Å². The van der Waals surface area contributed by atoms with Crippen molar-refractivity contribution in [2.45, 2.75) is 6.42 Å². The van der Waals surface area contributed by atoms with Crippen LogP contribution in [0, 0.1) is 21.8 Å². The number of aliphatic carboxylic acids is 1. The molecule has 0 radical (unpaired) electrons. The minimum absolute atomic E-state index is 0.199. The molecule has 2 rings (SSSR count). The molecule has 1 fully saturated rings. The van der Waals surface area contributed by atoms with E-state index in [0.29, 0.717) is 6.07 Å². The number of carbonyl (C=O) groups excluding carboxylic acids is 1. The molecule has 0 aliphatic carbocycles. The van der Waals surface area contributed by atoms with E-state index in [1.807, 2.05) is 0 Å². The molecule has 1 unspecified atom stereocenters. The molecule has 1 saturated heterocycles. The minimum Gasteiger partial charge on any atom is -0.481 e. The third kappa shape index (κ3) is 2.42. The highest BCUT2D eigenvalue weighted by molar-refractivity contribution is 6.31. The van der Waals surface area contributed by atoms with Crippen LogP contribution in [0.25, 0.3) is 0 Å². The van der Waals surface area contributed by atoms with Crippen LogP contribution in [0.15, 0.2) is 12.1 Å². The third-order valence-electron chi connectivity index (χ3n) is 2.98. The molecule has 0 spiro atoms. The summed E-state index contributed by atoms with van der Waals surface area (Å²) in [7, 11) is 0. The standard InChI is InChI=1S/C11H8ClFN2O5/c12-6-2-8(9(15(19)20)3-7(6)13)14-4-5(11(17)18)1-10(14)16/h2-3,5H,1,4H2,(H,17,18). The Morgan fingerprint density at radius 3 is 2.70 bits per heavy atom. The van der Waals surface area contributed by atoms with Crippen LogP contribution in [0.4, 0.5) is 15.8 Å². The molecule has 7 nitrogen and oxygen atoms in total. The van der Waals surface area contributed by atoms with Gasteiger partial charge in [0.1, 0.15) is 11.5 Å². The normalized spacial score (nSPS) is 18.4. The highest BCUT2D eigenvalue weighted by atomic mass is 35.5. The second-order valence-electron chi connectivity index (χ2n) is 4.26. The molecule has 1 atom stereocenters. The summed E-state index contributed by atoms with van der Waals surface area (Å²) in [5.41, 5.74) is -0.832. The van der Waals surface area contributed by atoms with Gasteiger partial charge in [0.15, 0.2) is 0 Å². The van der Waals surface area contributed by atoms with E-state index in [-0.39, 0.29) is 23.7 Å². The zero-order chi connectivity index (χ0) is 15.0. The quantitative estimate of drug-likeness (QED) is 0.678. The number of hydrogen-bond acceptors (Lipinski definition) is 4. The SMILES string of the molecule is O=C(O)C1CC(=O)N(c2cc(Cl)c(F)cc2[N+](=O)[O-])C1. The van der Waals surface area contributed by atoms with E-state index in [1.165, 1.54) is 0 Å². The summed E-state index contributed by atoms with van der Waals surface area (Å²) in [4.78, 5) is 33.6. The van der Waals surface area contributed by atoms with Gasteiger partial charge >= 0.3 is 5.97 Å². The zero-order valence-corrected chi connectivity index (χ0v) is 10.6. The predicted octanol–water partition coefficient (Wildman–Crippen LogP) is 1.82. The average Bonchev–Trinajstić information content (AvgIpc) is 2.74. The second-order valence-corrected chi connectivity index (χ2v) is 4.66. The topological polar surface area (TPSA) is 101 Å². The smallest absolute Gasteiger partial charge is 0.308 e. The lowest BCUT2D eigenvalue weighted by Crippen LogP contribution is -2.26. The van der Waals surface area contributed by atoms with Crippen molar-refractivity contribution in [2.75, 3.05) is 11.4 Å². The van der Waals surface area contributed by atoms with Gasteiger partial charge in [-0.05, 0) is 6.07 Å². The van der Waals surface area contributed by atoms with Crippen molar-refractivity contribution < 1.29 is 24.0 Å². The number of hydrogen-bond donors (Lipinski definition) is 1. The Hall–Kier alpha value is -2.22. The number of nitrogens with zero attached hydrogens (tertiary/aromatic N) is 2. The number of rotatable bonds is 3. The van der Waals surface area contributed by atoms with Crippen molar-refractivity contribution in [2.24, 2.45) is 5.92 Å². The van der Waals surface area contributed by atoms with Crippen molar-refractivity contribution in [3.63, 3.8) is 0 Å². The summed E-state index contributed by atoms with van der Waals surface area (Å²) in [5.74, 6) is -3.69. The lowest BCUT2D eigenvalue weighted by atomic mass is 10.1. The van der Waals surface area contributed by atoms with Gasteiger partial charge in [0.2, 0.25) is 5.91 Å². The van der Waals surface area contributed by atoms with E-state index in [1.54, 1.807) is 0 Å². The summed E-state index contributed by atoms with van der Waals surface area (Å²) in [6, 6.07) is 1.57. The molecule has 1 aliphatic rings. The Bertz CT molecular complexity index is 621. The van der Waals surface area contributed by atoms with Crippen LogP contribution < -0.4 is 4.90 Å². The van der Waals surface area contributed by atoms with E-state index in [4.69, 9.17) is 16.7 Å². The number of anilines is 1. The number of carboxylic acids is 1. The molecule has 106 valence electrons. The van der Waals surface area contributed by atoms with E-state index >= 15 is 0 Å². The first-order valence-corrected chi connectivity index (χ1v) is 5.85. The molecule has 1 aliphatic heterocycles. The first-order chi connectivity index (χ1) is 9.31. The first-order valence-electron chi connectivity index (χ1n) is 5.48. The Morgan fingerprint density at radius 2 is 2.20 bits per heavy atom. The summed E-state index contributed by atoms with van der Waals surface area (Å²) in [6.45, 7) is -0.211. The fourth-order valence-corrected chi connectivity index (χ4v) is 2.15. The number of halogens is 2. The first kappa shape index (κ1) is 14.2. The summed E-state index contributed by atoms with van der Waals surface area (Å²) < 4.78 is 13.3. The molecular weight excluding hydrogens is 295 g/mol. The van der Waals surface area contributed by atoms with Gasteiger partial charge < -0.3 is 10.0 Å². The van der Waals surface area contributed by atoms with Gasteiger partial charge in [-0.3, -0.25) is 19.7 Å². The lowest BCUT2D eigenvalue weighted by Gasteiger charge is -2.16. The Labute approximate surface area is 116 Å². The minimum atomic E-state index is -1.17. The Balaban J connectivity index is 2.47. The van der Waals surface area contributed by atoms with Crippen molar-refractivity contribution in [3.05, 3.63) is 33.1 Å². The molecule has 1 heterocycles. The molecule has 9 heteroatoms. The second kappa shape index (κ2) is 5.04. The van der Waals surface area contributed by atoms with Crippen LogP contribution in [-0.2, 0) is 9.59 Å². The predicted molar refractivity (Wildman–Crippen MR) is 66.2 cm³/mol. The zero-order valence-electron chi connectivity index (χ0n) is 9.88. The molecule has 1 amide bonds. The molecule has 1 N–H and O–H groups in total. The fraction of sp³-hybridized carbons (Fsp3) is 0.273. The number of amides is 1. The van der Waals surface area contributed by atoms with Crippen molar-refractivity contribution in [1.29, 1.82) is 0 Å². The number of benzene rings is 1. The lowest BCUT2D eigenvalue weighted by molar-refractivity contribution is -0.384. The van der Waals surface area contributed by atoms with Gasteiger partial charge in [-0.25, -0.2) is 4.39 Å². The summed E-state index contributed by atoms with van der Waals surface area (Å²) >= 11 is 5.56. The summed E-state index contributed by atoms with van der Waals surface area (Å²) in [5, 5.41) is 19.4. The van der Waals surface area contributed by atoms with Crippen LogP contribution >= 0.6 is 11.6 Å². The summed E-state index contributed by atoms with van der Waals surface area (Å²) in [6.07, 6.45) is -0.262. The number of nitro benzene ring substituents is 1. The number of carboxylic acid groups (broad SMARTS) is 1. The van der Waals surface area contributed by atoms with Gasteiger partial charge in [-0.2, -0.15) is 0 Å². The van der Waals surface area contributed by atoms with Crippen LogP contribution in [0.3, 0.4) is 0 Å². The number of nitro groups is 1. The molecule has 0 bridgehead atoms. The maximum atomic E-state index is 13.3. The Kier molecular flexibility index (Phi) is 3.58. The maximum Gasteiger partial charge on any atom is 0.308 e. The van der Waals surface area contributed by atoms with Gasteiger partial charge in [-0.15, -0.1) is 0 Å². The van der Waals surface area contributed by atoms with E-state index < -0.39 is 34.2 Å². The van der Waals surface area contributed by atoms with Crippen LogP contribution in [0.1, 0.15) is 6.42 Å². The number of carbonyl (C=O) groups is 2. The highest BCUT2D eigenvalue weighted by Crippen LogP contribution is 2.36. The van der Waals surface area contributed by atoms with E-state index in [2.05, 4.69) is 0 Å². The molecule has 1 aromatic carbocycles. The average molecular weight is 303 g/mol. The van der Waals surface area contributed by atoms with E-state index in [0.717, 1.165) is 11.0 Å². The maximum absolute atomic E-state index is 13.3. The molecule has 0 aromatic heterocycles. The molecular formula is C11H8ClFN2O5. The van der Waals surface area contributed by atoms with E-state index in [9.17, 15) is 24.1 Å². The molecule has 0 saturated carbocycles. The molecule has 1 aromatic rings. The van der Waals surface area contributed by atoms with Crippen molar-refractivity contribution in [3.8, 4) is 0 Å². The van der Waals surface area contributed by atoms with Crippen LogP contribution in [0.2, 0.25) is 5.02 Å². The van der Waals surface area contributed by atoms with Crippen LogP contribution in [-0.4, -0.2) is 28.5 Å². The van der Waals surface area contributed by atoms with Crippen molar-refractivity contribution in [1.82, 2.24) is 0 Å². The Morgan fingerprint density at radius 1 is 1.55 bits per heavy atom. The van der Waals surface area contributed by atoms with Crippen LogP contribution in [0.5, 0.6) is 0 Å².